The Labute approximate surface area is 198 Å². The van der Waals surface area contributed by atoms with Crippen LogP contribution in [-0.2, 0) is 28.5 Å². The largest absolute Gasteiger partial charge is 0.416 e. The number of hydrogen-bond donors (Lipinski definition) is 1. The summed E-state index contributed by atoms with van der Waals surface area (Å²) in [5, 5.41) is 4.53. The molecule has 0 atom stereocenters. The third-order valence-corrected chi connectivity index (χ3v) is 6.18. The molecular formula is C22H28F6N4O3. The highest BCUT2D eigenvalue weighted by molar-refractivity contribution is 5.74. The van der Waals surface area contributed by atoms with Gasteiger partial charge in [-0.05, 0) is 49.4 Å². The summed E-state index contributed by atoms with van der Waals surface area (Å²) in [7, 11) is 1.34. The first-order valence-electron chi connectivity index (χ1n) is 11.3. The fourth-order valence-electron chi connectivity index (χ4n) is 4.32. The van der Waals surface area contributed by atoms with Crippen LogP contribution in [0.5, 0.6) is 0 Å². The van der Waals surface area contributed by atoms with Gasteiger partial charge in [0.2, 0.25) is 6.41 Å². The molecule has 1 aliphatic carbocycles. The highest BCUT2D eigenvalue weighted by atomic mass is 19.4. The van der Waals surface area contributed by atoms with Crippen molar-refractivity contribution < 1.29 is 40.8 Å². The number of carbonyl (C=O) groups excluding carboxylic acids is 2. The van der Waals surface area contributed by atoms with Crippen molar-refractivity contribution in [3.63, 3.8) is 0 Å². The van der Waals surface area contributed by atoms with Crippen LogP contribution in [0.1, 0.15) is 42.4 Å². The van der Waals surface area contributed by atoms with Crippen LogP contribution in [-0.4, -0.2) is 72.7 Å². The average molecular weight is 510 g/mol. The van der Waals surface area contributed by atoms with Crippen LogP contribution in [0.15, 0.2) is 18.2 Å². The molecule has 13 heteroatoms. The Balaban J connectivity index is 1.53. The molecule has 0 aromatic heterocycles. The number of benzene rings is 1. The van der Waals surface area contributed by atoms with Crippen molar-refractivity contribution in [2.45, 2.75) is 56.7 Å². The minimum absolute atomic E-state index is 0.0216. The molecule has 0 unspecified atom stereocenters. The maximum absolute atomic E-state index is 13.1. The summed E-state index contributed by atoms with van der Waals surface area (Å²) in [5.41, 5.74) is -3.08. The predicted molar refractivity (Wildman–Crippen MR) is 113 cm³/mol. The molecule has 2 aliphatic rings. The van der Waals surface area contributed by atoms with Crippen LogP contribution in [0.3, 0.4) is 0 Å². The fourth-order valence-corrected chi connectivity index (χ4v) is 4.32. The summed E-state index contributed by atoms with van der Waals surface area (Å²) >= 11 is 0. The summed E-state index contributed by atoms with van der Waals surface area (Å²) in [6.07, 6.45) is -5.95. The monoisotopic (exact) mass is 510 g/mol. The first-order valence-corrected chi connectivity index (χ1v) is 11.3. The molecule has 1 heterocycles. The van der Waals surface area contributed by atoms with E-state index < -0.39 is 36.1 Å². The molecule has 1 N–H and O–H groups in total. The van der Waals surface area contributed by atoms with Crippen LogP contribution in [0, 0.1) is 0 Å². The topological polar surface area (TPSA) is 65.1 Å². The molecule has 1 aliphatic heterocycles. The first-order chi connectivity index (χ1) is 16.4. The Morgan fingerprint density at radius 1 is 1.00 bits per heavy atom. The highest BCUT2D eigenvalue weighted by Gasteiger charge is 2.37. The number of alkyl halides is 6. The van der Waals surface area contributed by atoms with E-state index in [0.29, 0.717) is 44.7 Å². The van der Waals surface area contributed by atoms with E-state index >= 15 is 0 Å². The second-order valence-electron chi connectivity index (χ2n) is 8.83. The van der Waals surface area contributed by atoms with Gasteiger partial charge in [-0.2, -0.15) is 31.4 Å². The number of hydroxylamine groups is 2. The van der Waals surface area contributed by atoms with Crippen LogP contribution in [0.25, 0.3) is 0 Å². The van der Waals surface area contributed by atoms with Crippen molar-refractivity contribution in [1.29, 1.82) is 0 Å². The Morgan fingerprint density at radius 2 is 1.54 bits per heavy atom. The molecule has 35 heavy (non-hydrogen) atoms. The van der Waals surface area contributed by atoms with E-state index in [1.807, 2.05) is 0 Å². The maximum Gasteiger partial charge on any atom is 0.416 e. The van der Waals surface area contributed by atoms with Crippen molar-refractivity contribution in [3.05, 3.63) is 34.9 Å². The second kappa shape index (κ2) is 11.0. The Hall–Kier alpha value is -2.54. The molecule has 0 bridgehead atoms. The zero-order valence-electron chi connectivity index (χ0n) is 19.2. The van der Waals surface area contributed by atoms with Crippen LogP contribution in [0.2, 0.25) is 0 Å². The molecular weight excluding hydrogens is 482 g/mol. The molecule has 0 radical (unpaired) electrons. The van der Waals surface area contributed by atoms with E-state index in [2.05, 4.69) is 5.32 Å². The molecule has 7 nitrogen and oxygen atoms in total. The highest BCUT2D eigenvalue weighted by Crippen LogP contribution is 2.36. The Bertz CT molecular complexity index is 847. The number of urea groups is 1. The van der Waals surface area contributed by atoms with Gasteiger partial charge in [0, 0.05) is 45.8 Å². The van der Waals surface area contributed by atoms with E-state index in [1.54, 1.807) is 5.06 Å². The van der Waals surface area contributed by atoms with E-state index in [1.165, 1.54) is 11.9 Å². The fraction of sp³-hybridized carbons (Fsp3) is 0.636. The van der Waals surface area contributed by atoms with Crippen LogP contribution < -0.4 is 5.32 Å². The standard InChI is InChI=1S/C22H28F6N4O3/c1-30(13-15-10-16(21(23,24)25)12-17(11-15)22(26,27)28)20(34)31-6-8-32(9-7-31)35-19-4-2-18(3-5-19)29-14-33/h10-12,14,18-19H,2-9,13H2,1H3,(H,29,33). The smallest absolute Gasteiger partial charge is 0.356 e. The van der Waals surface area contributed by atoms with Crippen LogP contribution in [0.4, 0.5) is 31.1 Å². The number of piperazine rings is 1. The lowest BCUT2D eigenvalue weighted by Crippen LogP contribution is -2.52. The van der Waals surface area contributed by atoms with Gasteiger partial charge in [0.05, 0.1) is 17.2 Å². The number of amides is 3. The van der Waals surface area contributed by atoms with Gasteiger partial charge in [-0.25, -0.2) is 4.79 Å². The summed E-state index contributed by atoms with van der Waals surface area (Å²) in [6.45, 7) is 1.06. The molecule has 2 fully saturated rings. The zero-order valence-corrected chi connectivity index (χ0v) is 19.2. The molecule has 1 saturated carbocycles. The third kappa shape index (κ3) is 7.47. The number of rotatable bonds is 6. The summed E-state index contributed by atoms with van der Waals surface area (Å²) in [5.74, 6) is 0. The van der Waals surface area contributed by atoms with Gasteiger partial charge in [0.15, 0.2) is 0 Å². The number of halogens is 6. The van der Waals surface area contributed by atoms with Crippen molar-refractivity contribution in [1.82, 2.24) is 20.2 Å². The lowest BCUT2D eigenvalue weighted by Gasteiger charge is -2.38. The average Bonchev–Trinajstić information content (AvgIpc) is 2.79. The summed E-state index contributed by atoms with van der Waals surface area (Å²) < 4.78 is 78.5. The minimum atomic E-state index is -4.95. The van der Waals surface area contributed by atoms with Gasteiger partial charge in [0.1, 0.15) is 0 Å². The molecule has 196 valence electrons. The number of hydrogen-bond acceptors (Lipinski definition) is 4. The quantitative estimate of drug-likeness (QED) is 0.466. The molecule has 3 rings (SSSR count). The molecule has 0 spiro atoms. The SMILES string of the molecule is CN(Cc1cc(C(F)(F)F)cc(C(F)(F)F)c1)C(=O)N1CCN(OC2CCC(NC=O)CC2)CC1. The maximum atomic E-state index is 13.1. The van der Waals surface area contributed by atoms with Crippen molar-refractivity contribution in [2.24, 2.45) is 0 Å². The summed E-state index contributed by atoms with van der Waals surface area (Å²) in [4.78, 5) is 31.9. The van der Waals surface area contributed by atoms with E-state index in [4.69, 9.17) is 4.84 Å². The van der Waals surface area contributed by atoms with Gasteiger partial charge < -0.3 is 15.1 Å². The van der Waals surface area contributed by atoms with Crippen molar-refractivity contribution in [3.8, 4) is 0 Å². The lowest BCUT2D eigenvalue weighted by atomic mass is 9.93. The van der Waals surface area contributed by atoms with Crippen molar-refractivity contribution in [2.75, 3.05) is 33.2 Å². The number of carbonyl (C=O) groups is 2. The molecule has 1 aromatic rings. The van der Waals surface area contributed by atoms with Gasteiger partial charge in [-0.15, -0.1) is 0 Å². The van der Waals surface area contributed by atoms with Gasteiger partial charge in [-0.3, -0.25) is 9.63 Å². The Morgan fingerprint density at radius 3 is 2.03 bits per heavy atom. The lowest BCUT2D eigenvalue weighted by molar-refractivity contribution is -0.216. The molecule has 1 aromatic carbocycles. The van der Waals surface area contributed by atoms with E-state index in [9.17, 15) is 35.9 Å². The third-order valence-electron chi connectivity index (χ3n) is 6.18. The number of nitrogens with one attached hydrogen (secondary N) is 1. The Kier molecular flexibility index (Phi) is 8.52. The van der Waals surface area contributed by atoms with Crippen molar-refractivity contribution >= 4 is 12.4 Å². The minimum Gasteiger partial charge on any atom is -0.356 e. The van der Waals surface area contributed by atoms with Gasteiger partial charge in [-0.1, -0.05) is 0 Å². The van der Waals surface area contributed by atoms with Crippen LogP contribution >= 0.6 is 0 Å². The normalized spacial score (nSPS) is 22.1. The summed E-state index contributed by atoms with van der Waals surface area (Å²) in [6, 6.07) is 0.988. The predicted octanol–water partition coefficient (Wildman–Crippen LogP) is 3.88. The molecule has 3 amide bonds. The molecule has 1 saturated heterocycles. The van der Waals surface area contributed by atoms with Gasteiger partial charge >= 0.3 is 18.4 Å². The zero-order chi connectivity index (χ0) is 25.8. The number of nitrogens with zero attached hydrogens (tertiary/aromatic N) is 3. The van der Waals surface area contributed by atoms with E-state index in [-0.39, 0.29) is 23.8 Å². The first kappa shape index (κ1) is 27.1. The van der Waals surface area contributed by atoms with E-state index in [0.717, 1.165) is 30.6 Å². The second-order valence-corrected chi connectivity index (χ2v) is 8.83. The van der Waals surface area contributed by atoms with Gasteiger partial charge in [0.25, 0.3) is 0 Å².